The third kappa shape index (κ3) is 3.93. The number of aliphatic imine (C=N–C) groups is 4. The van der Waals surface area contributed by atoms with Crippen LogP contribution in [-0.2, 0) is 0 Å². The smallest absolute Gasteiger partial charge is 0.115 e. The van der Waals surface area contributed by atoms with Gasteiger partial charge in [0, 0.05) is 11.1 Å². The summed E-state index contributed by atoms with van der Waals surface area (Å²) in [4.78, 5) is 19.7. The highest BCUT2D eigenvalue weighted by Gasteiger charge is 2.23. The molecule has 5 aliphatic rings. The van der Waals surface area contributed by atoms with E-state index in [0.29, 0.717) is 0 Å². The third-order valence-electron chi connectivity index (χ3n) is 6.48. The van der Waals surface area contributed by atoms with Crippen molar-refractivity contribution < 1.29 is 5.11 Å². The Kier molecular flexibility index (Phi) is 4.86. The summed E-state index contributed by atoms with van der Waals surface area (Å²) in [5.74, 6) is 0.214. The number of aromatic hydroxyl groups is 1. The Bertz CT molecular complexity index is 1730. The number of benzene rings is 2. The zero-order chi connectivity index (χ0) is 24.8. The third-order valence-corrected chi connectivity index (χ3v) is 6.48. The molecule has 0 unspecified atom stereocenters. The molecule has 0 amide bonds. The zero-order valence-corrected chi connectivity index (χ0v) is 19.7. The van der Waals surface area contributed by atoms with Crippen LogP contribution in [0.15, 0.2) is 158 Å². The number of nitrogens with zero attached hydrogens (tertiary/aromatic N) is 4. The van der Waals surface area contributed by atoms with Crippen LogP contribution in [-0.4, -0.2) is 28.0 Å². The highest BCUT2D eigenvalue weighted by atomic mass is 16.3. The number of hydrogen-bond acceptors (Lipinski definition) is 5. The molecule has 0 radical (unpaired) electrons. The SMILES string of the molecule is Oc1ccc(C2=C3C=CC(=N3)C(c3ccccc3)=C3C=CC(=N3)C=C3C=CC(=N3)C=C3C=CC2=N3)cc1. The molecule has 0 spiro atoms. The molecule has 5 heterocycles. The van der Waals surface area contributed by atoms with Crippen molar-refractivity contribution in [1.29, 1.82) is 0 Å². The van der Waals surface area contributed by atoms with Gasteiger partial charge in [-0.2, -0.15) is 0 Å². The van der Waals surface area contributed by atoms with Crippen LogP contribution in [0.25, 0.3) is 11.1 Å². The molecule has 0 aliphatic carbocycles. The Morgan fingerprint density at radius 1 is 0.459 bits per heavy atom. The van der Waals surface area contributed by atoms with Crippen molar-refractivity contribution in [2.24, 2.45) is 20.0 Å². The molecule has 174 valence electrons. The van der Waals surface area contributed by atoms with Gasteiger partial charge in [0.05, 0.1) is 45.6 Å². The maximum absolute atomic E-state index is 9.90. The maximum Gasteiger partial charge on any atom is 0.115 e. The fourth-order valence-electron chi connectivity index (χ4n) is 4.78. The summed E-state index contributed by atoms with van der Waals surface area (Å²) < 4.78 is 0. The van der Waals surface area contributed by atoms with Crippen molar-refractivity contribution >= 4 is 34.0 Å². The quantitative estimate of drug-likeness (QED) is 0.540. The average molecular weight is 477 g/mol. The molecular weight excluding hydrogens is 456 g/mol. The van der Waals surface area contributed by atoms with Crippen LogP contribution in [0.5, 0.6) is 5.75 Å². The molecule has 0 atom stereocenters. The predicted octanol–water partition coefficient (Wildman–Crippen LogP) is 6.34. The van der Waals surface area contributed by atoms with Gasteiger partial charge in [-0.25, -0.2) is 20.0 Å². The summed E-state index contributed by atoms with van der Waals surface area (Å²) in [6.07, 6.45) is 20.0. The van der Waals surface area contributed by atoms with Crippen molar-refractivity contribution in [1.82, 2.24) is 0 Å². The van der Waals surface area contributed by atoms with E-state index in [2.05, 4.69) is 12.1 Å². The van der Waals surface area contributed by atoms with Crippen LogP contribution in [0.1, 0.15) is 11.1 Å². The van der Waals surface area contributed by atoms with Crippen LogP contribution >= 0.6 is 0 Å². The molecule has 0 fully saturated rings. The van der Waals surface area contributed by atoms with Gasteiger partial charge in [0.15, 0.2) is 0 Å². The molecule has 5 aliphatic heterocycles. The van der Waals surface area contributed by atoms with E-state index in [1.54, 1.807) is 12.1 Å². The zero-order valence-electron chi connectivity index (χ0n) is 19.7. The lowest BCUT2D eigenvalue weighted by atomic mass is 9.98. The summed E-state index contributed by atoms with van der Waals surface area (Å²) in [6.45, 7) is 0. The molecule has 2 aromatic carbocycles. The molecule has 37 heavy (non-hydrogen) atoms. The maximum atomic E-state index is 9.90. The summed E-state index contributed by atoms with van der Waals surface area (Å²) >= 11 is 0. The lowest BCUT2D eigenvalue weighted by molar-refractivity contribution is 0.475. The van der Waals surface area contributed by atoms with E-state index >= 15 is 0 Å². The van der Waals surface area contributed by atoms with E-state index in [0.717, 1.165) is 67.9 Å². The minimum absolute atomic E-state index is 0.214. The molecule has 1 N–H and O–H groups in total. The number of phenols is 1. The lowest BCUT2D eigenvalue weighted by Crippen LogP contribution is -2.01. The van der Waals surface area contributed by atoms with Crippen molar-refractivity contribution in [3.8, 4) is 5.75 Å². The molecule has 5 nitrogen and oxygen atoms in total. The number of rotatable bonds is 2. The topological polar surface area (TPSA) is 69.7 Å². The van der Waals surface area contributed by atoms with Crippen LogP contribution in [0.4, 0.5) is 0 Å². The first-order chi connectivity index (χ1) is 18.2. The number of allylic oxidation sites excluding steroid dienone is 12. The first kappa shape index (κ1) is 21.1. The first-order valence-electron chi connectivity index (χ1n) is 12.0. The predicted molar refractivity (Wildman–Crippen MR) is 151 cm³/mol. The highest BCUT2D eigenvalue weighted by Crippen LogP contribution is 2.34. The molecule has 0 aromatic heterocycles. The van der Waals surface area contributed by atoms with Crippen LogP contribution < -0.4 is 0 Å². The van der Waals surface area contributed by atoms with Crippen molar-refractivity contribution in [3.05, 3.63) is 149 Å². The number of fused-ring (bicyclic) bond motifs is 4. The normalized spacial score (nSPS) is 19.2. The molecule has 8 bridgehead atoms. The molecule has 0 saturated heterocycles. The van der Waals surface area contributed by atoms with Crippen molar-refractivity contribution in [2.75, 3.05) is 0 Å². The molecule has 5 heteroatoms. The first-order valence-corrected chi connectivity index (χ1v) is 12.0. The molecular formula is C32H20N4O. The second kappa shape index (κ2) is 8.50. The fraction of sp³-hybridized carbons (Fsp3) is 0. The van der Waals surface area contributed by atoms with E-state index in [4.69, 9.17) is 20.0 Å². The van der Waals surface area contributed by atoms with Gasteiger partial charge in [-0.05, 0) is 84.0 Å². The summed E-state index contributed by atoms with van der Waals surface area (Å²) in [5.41, 5.74) is 10.5. The standard InChI is InChI=1S/C32H20N4O/c37-26-12-6-21(7-13-26)32-28-15-11-25(35-28)19-23-9-8-22(33-23)18-24-10-14-27(34-24)31(20-4-2-1-3-5-20)29-16-17-30(32)36-29/h1-19,37H. The second-order valence-corrected chi connectivity index (χ2v) is 8.97. The van der Waals surface area contributed by atoms with Crippen LogP contribution in [0.2, 0.25) is 0 Å². The minimum Gasteiger partial charge on any atom is -0.508 e. The lowest BCUT2D eigenvalue weighted by Gasteiger charge is -2.10. The number of phenolic OH excluding ortho intramolecular Hbond substituents is 1. The fourth-order valence-corrected chi connectivity index (χ4v) is 4.78. The van der Waals surface area contributed by atoms with E-state index < -0.39 is 0 Å². The Balaban J connectivity index is 1.50. The van der Waals surface area contributed by atoms with Crippen LogP contribution in [0.3, 0.4) is 0 Å². The molecule has 0 saturated carbocycles. The van der Waals surface area contributed by atoms with Crippen LogP contribution in [0, 0.1) is 0 Å². The Morgan fingerprint density at radius 3 is 1.84 bits per heavy atom. The van der Waals surface area contributed by atoms with E-state index in [1.807, 2.05) is 91.1 Å². The van der Waals surface area contributed by atoms with Crippen molar-refractivity contribution in [2.45, 2.75) is 0 Å². The molecule has 2 aromatic rings. The van der Waals surface area contributed by atoms with E-state index in [9.17, 15) is 5.11 Å². The summed E-state index contributed by atoms with van der Waals surface area (Å²) in [6, 6.07) is 17.4. The Hall–Kier alpha value is -5.16. The summed E-state index contributed by atoms with van der Waals surface area (Å²) in [5, 5.41) is 9.90. The van der Waals surface area contributed by atoms with Crippen molar-refractivity contribution in [3.63, 3.8) is 0 Å². The minimum atomic E-state index is 0.214. The molecule has 7 rings (SSSR count). The largest absolute Gasteiger partial charge is 0.508 e. The summed E-state index contributed by atoms with van der Waals surface area (Å²) in [7, 11) is 0. The number of hydrogen-bond donors (Lipinski definition) is 1. The Labute approximate surface area is 214 Å². The van der Waals surface area contributed by atoms with E-state index in [-0.39, 0.29) is 5.75 Å². The van der Waals surface area contributed by atoms with Gasteiger partial charge in [0.2, 0.25) is 0 Å². The van der Waals surface area contributed by atoms with E-state index in [1.165, 1.54) is 0 Å². The van der Waals surface area contributed by atoms with Gasteiger partial charge >= 0.3 is 0 Å². The average Bonchev–Trinajstić information content (AvgIpc) is 3.72. The van der Waals surface area contributed by atoms with Gasteiger partial charge in [0.25, 0.3) is 0 Å². The highest BCUT2D eigenvalue weighted by molar-refractivity contribution is 6.36. The Morgan fingerprint density at radius 2 is 1.03 bits per heavy atom. The second-order valence-electron chi connectivity index (χ2n) is 8.97. The van der Waals surface area contributed by atoms with Gasteiger partial charge in [-0.1, -0.05) is 42.5 Å². The van der Waals surface area contributed by atoms with Gasteiger partial charge in [-0.3, -0.25) is 0 Å². The van der Waals surface area contributed by atoms with Gasteiger partial charge in [0.1, 0.15) is 5.75 Å². The van der Waals surface area contributed by atoms with Gasteiger partial charge in [-0.15, -0.1) is 0 Å². The monoisotopic (exact) mass is 476 g/mol. The van der Waals surface area contributed by atoms with Gasteiger partial charge < -0.3 is 5.11 Å².